The van der Waals surface area contributed by atoms with E-state index in [2.05, 4.69) is 0 Å². The number of hydrogen-bond donors (Lipinski definition) is 0. The second kappa shape index (κ2) is 4.83. The molecule has 0 aromatic heterocycles. The SMILES string of the molecule is C[O][Sn]([O]C)[O]C. The molecular weight excluding hydrogens is 203 g/mol. The van der Waals surface area contributed by atoms with E-state index in [9.17, 15) is 0 Å². The molecule has 0 unspecified atom stereocenters. The normalized spacial score (nSPS) is 10.3. The molecule has 0 fully saturated rings. The first kappa shape index (κ1) is 7.68. The number of hydrogen-bond acceptors (Lipinski definition) is 3. The van der Waals surface area contributed by atoms with Crippen LogP contribution in [0, 0.1) is 0 Å². The van der Waals surface area contributed by atoms with Crippen LogP contribution in [0.1, 0.15) is 0 Å². The first-order valence-corrected chi connectivity index (χ1v) is 5.33. The van der Waals surface area contributed by atoms with Crippen LogP contribution in [-0.2, 0) is 9.22 Å². The predicted octanol–water partition coefficient (Wildman–Crippen LogP) is -0.0895. The van der Waals surface area contributed by atoms with Crippen LogP contribution in [0.15, 0.2) is 0 Å². The van der Waals surface area contributed by atoms with Crippen molar-refractivity contribution in [1.29, 1.82) is 0 Å². The Morgan fingerprint density at radius 3 is 1.14 bits per heavy atom. The van der Waals surface area contributed by atoms with Gasteiger partial charge in [-0.15, -0.1) is 0 Å². The van der Waals surface area contributed by atoms with Crippen molar-refractivity contribution in [3.8, 4) is 0 Å². The Labute approximate surface area is 51.9 Å². The van der Waals surface area contributed by atoms with E-state index in [4.69, 9.17) is 9.22 Å². The summed E-state index contributed by atoms with van der Waals surface area (Å²) in [4.78, 5) is 0. The molecule has 0 aromatic carbocycles. The van der Waals surface area contributed by atoms with Crippen molar-refractivity contribution in [2.45, 2.75) is 0 Å². The molecule has 0 aliphatic carbocycles. The van der Waals surface area contributed by atoms with Crippen molar-refractivity contribution < 1.29 is 9.22 Å². The van der Waals surface area contributed by atoms with Crippen LogP contribution in [0.3, 0.4) is 0 Å². The molecule has 43 valence electrons. The second-order valence-corrected chi connectivity index (χ2v) is 5.78. The van der Waals surface area contributed by atoms with Crippen LogP contribution >= 0.6 is 0 Å². The molecule has 0 saturated heterocycles. The molecule has 0 aromatic rings. The van der Waals surface area contributed by atoms with Crippen molar-refractivity contribution in [2.75, 3.05) is 21.3 Å². The van der Waals surface area contributed by atoms with E-state index in [-0.39, 0.29) is 0 Å². The molecule has 7 heavy (non-hydrogen) atoms. The summed E-state index contributed by atoms with van der Waals surface area (Å²) in [5.41, 5.74) is 0. The van der Waals surface area contributed by atoms with Crippen LogP contribution in [0.25, 0.3) is 0 Å². The number of rotatable bonds is 3. The maximum absolute atomic E-state index is 4.80. The van der Waals surface area contributed by atoms with E-state index in [1.807, 2.05) is 0 Å². The summed E-state index contributed by atoms with van der Waals surface area (Å²) in [6.07, 6.45) is 0. The minimum atomic E-state index is -2.15. The first-order chi connectivity index (χ1) is 3.35. The van der Waals surface area contributed by atoms with E-state index in [1.54, 1.807) is 21.3 Å². The molecule has 0 rings (SSSR count). The third kappa shape index (κ3) is 3.28. The van der Waals surface area contributed by atoms with Crippen molar-refractivity contribution in [2.24, 2.45) is 0 Å². The molecular formula is C3H9O3Sn. The molecule has 0 saturated carbocycles. The van der Waals surface area contributed by atoms with Gasteiger partial charge in [-0.1, -0.05) is 0 Å². The third-order valence-electron chi connectivity index (χ3n) is 0.500. The molecule has 1 radical (unpaired) electrons. The molecule has 0 aliphatic heterocycles. The quantitative estimate of drug-likeness (QED) is 0.611. The average Bonchev–Trinajstić information content (AvgIpc) is 1.72. The Morgan fingerprint density at radius 2 is 1.14 bits per heavy atom. The molecule has 0 atom stereocenters. The second-order valence-electron chi connectivity index (χ2n) is 0.862. The molecule has 0 aliphatic rings. The van der Waals surface area contributed by atoms with E-state index >= 15 is 0 Å². The van der Waals surface area contributed by atoms with Crippen LogP contribution in [0.5, 0.6) is 0 Å². The summed E-state index contributed by atoms with van der Waals surface area (Å²) in [5.74, 6) is 0. The Morgan fingerprint density at radius 1 is 0.857 bits per heavy atom. The summed E-state index contributed by atoms with van der Waals surface area (Å²) >= 11 is -2.15. The summed E-state index contributed by atoms with van der Waals surface area (Å²) in [6.45, 7) is 0. The van der Waals surface area contributed by atoms with Crippen LogP contribution in [0.4, 0.5) is 0 Å². The standard InChI is InChI=1S/3CH3O.Sn/c3*1-2;/h3*1H3;/q3*-1;+3. The van der Waals surface area contributed by atoms with Gasteiger partial charge >= 0.3 is 51.6 Å². The Hall–Kier alpha value is 0.679. The Bertz CT molecular complexity index is 31.7. The molecule has 3 nitrogen and oxygen atoms in total. The van der Waals surface area contributed by atoms with Gasteiger partial charge in [0.25, 0.3) is 0 Å². The summed E-state index contributed by atoms with van der Waals surface area (Å²) < 4.78 is 14.4. The van der Waals surface area contributed by atoms with E-state index < -0.39 is 21.0 Å². The van der Waals surface area contributed by atoms with Gasteiger partial charge in [-0.2, -0.15) is 0 Å². The topological polar surface area (TPSA) is 27.7 Å². The Kier molecular flexibility index (Phi) is 5.30. The fourth-order valence-corrected chi connectivity index (χ4v) is 1.68. The molecule has 0 N–H and O–H groups in total. The summed E-state index contributed by atoms with van der Waals surface area (Å²) in [7, 11) is 4.80. The average molecular weight is 212 g/mol. The fraction of sp³-hybridized carbons (Fsp3) is 1.00. The molecule has 0 spiro atoms. The predicted molar refractivity (Wildman–Crippen MR) is 26.8 cm³/mol. The van der Waals surface area contributed by atoms with Gasteiger partial charge in [-0.05, 0) is 0 Å². The molecule has 4 heteroatoms. The van der Waals surface area contributed by atoms with Crippen LogP contribution in [0.2, 0.25) is 0 Å². The van der Waals surface area contributed by atoms with E-state index in [1.165, 1.54) is 0 Å². The van der Waals surface area contributed by atoms with Gasteiger partial charge in [0.15, 0.2) is 0 Å². The van der Waals surface area contributed by atoms with Gasteiger partial charge in [0.2, 0.25) is 0 Å². The van der Waals surface area contributed by atoms with Crippen molar-refractivity contribution in [3.63, 3.8) is 0 Å². The molecule has 0 amide bonds. The summed E-state index contributed by atoms with van der Waals surface area (Å²) in [6, 6.07) is 0. The first-order valence-electron chi connectivity index (χ1n) is 1.84. The van der Waals surface area contributed by atoms with Crippen LogP contribution in [-0.4, -0.2) is 42.3 Å². The Balaban J connectivity index is 2.99. The van der Waals surface area contributed by atoms with E-state index in [0.717, 1.165) is 0 Å². The van der Waals surface area contributed by atoms with Crippen molar-refractivity contribution in [1.82, 2.24) is 0 Å². The zero-order chi connectivity index (χ0) is 5.70. The zero-order valence-corrected chi connectivity index (χ0v) is 7.58. The minimum absolute atomic E-state index is 1.60. The maximum atomic E-state index is 4.80. The zero-order valence-electron chi connectivity index (χ0n) is 4.72. The van der Waals surface area contributed by atoms with E-state index in [0.29, 0.717) is 0 Å². The third-order valence-corrected chi connectivity index (χ3v) is 3.35. The van der Waals surface area contributed by atoms with Gasteiger partial charge in [0, 0.05) is 0 Å². The monoisotopic (exact) mass is 213 g/mol. The van der Waals surface area contributed by atoms with Crippen molar-refractivity contribution >= 4 is 21.0 Å². The van der Waals surface area contributed by atoms with Crippen molar-refractivity contribution in [3.05, 3.63) is 0 Å². The fourth-order valence-electron chi connectivity index (χ4n) is 0.250. The van der Waals surface area contributed by atoms with Gasteiger partial charge < -0.3 is 0 Å². The molecule has 0 heterocycles. The van der Waals surface area contributed by atoms with Crippen LogP contribution < -0.4 is 0 Å². The van der Waals surface area contributed by atoms with Gasteiger partial charge in [-0.25, -0.2) is 0 Å². The van der Waals surface area contributed by atoms with Gasteiger partial charge in [-0.3, -0.25) is 0 Å². The van der Waals surface area contributed by atoms with Gasteiger partial charge in [0.1, 0.15) is 0 Å². The molecule has 0 bridgehead atoms. The summed E-state index contributed by atoms with van der Waals surface area (Å²) in [5, 5.41) is 0. The van der Waals surface area contributed by atoms with Gasteiger partial charge in [0.05, 0.1) is 0 Å².